The number of likely N-dealkylation sites (tertiary alicyclic amines) is 1. The van der Waals surface area contributed by atoms with E-state index in [2.05, 4.69) is 22.4 Å². The minimum atomic E-state index is -0.123. The van der Waals surface area contributed by atoms with Crippen LogP contribution >= 0.6 is 0 Å². The lowest BCUT2D eigenvalue weighted by molar-refractivity contribution is 0.0939. The van der Waals surface area contributed by atoms with Crippen LogP contribution in [0.4, 0.5) is 5.69 Å². The van der Waals surface area contributed by atoms with E-state index < -0.39 is 0 Å². The number of hydrogen-bond donors (Lipinski definition) is 2. The minimum Gasteiger partial charge on any atom is -0.395 e. The summed E-state index contributed by atoms with van der Waals surface area (Å²) in [6.45, 7) is 4.83. The second-order valence-corrected chi connectivity index (χ2v) is 5.31. The highest BCUT2D eigenvalue weighted by Crippen LogP contribution is 2.17. The smallest absolute Gasteiger partial charge is 0.271 e. The predicted molar refractivity (Wildman–Crippen MR) is 74.9 cm³/mol. The van der Waals surface area contributed by atoms with Crippen LogP contribution in [0.2, 0.25) is 0 Å². The first-order valence-electron chi connectivity index (χ1n) is 6.81. The zero-order chi connectivity index (χ0) is 14.0. The van der Waals surface area contributed by atoms with E-state index >= 15 is 0 Å². The van der Waals surface area contributed by atoms with Crippen LogP contribution in [0.1, 0.15) is 29.5 Å². The Morgan fingerprint density at radius 2 is 2.26 bits per heavy atom. The van der Waals surface area contributed by atoms with Crippen molar-refractivity contribution in [2.24, 2.45) is 13.0 Å². The van der Waals surface area contributed by atoms with Crippen molar-refractivity contribution in [3.05, 3.63) is 11.4 Å². The van der Waals surface area contributed by atoms with Crippen molar-refractivity contribution < 1.29 is 4.79 Å². The molecule has 0 aliphatic carbocycles. The van der Waals surface area contributed by atoms with Gasteiger partial charge in [-0.25, -0.2) is 0 Å². The lowest BCUT2D eigenvalue weighted by atomic mass is 10.1. The van der Waals surface area contributed by atoms with Gasteiger partial charge >= 0.3 is 0 Å². The number of hydrogen-bond acceptors (Lipinski definition) is 4. The van der Waals surface area contributed by atoms with E-state index in [0.717, 1.165) is 31.6 Å². The topological polar surface area (TPSA) is 76.2 Å². The van der Waals surface area contributed by atoms with E-state index in [-0.39, 0.29) is 5.91 Å². The summed E-state index contributed by atoms with van der Waals surface area (Å²) in [6, 6.07) is 0. The number of amides is 1. The molecule has 106 valence electrons. The van der Waals surface area contributed by atoms with Crippen LogP contribution in [-0.2, 0) is 13.5 Å². The maximum atomic E-state index is 12.2. The summed E-state index contributed by atoms with van der Waals surface area (Å²) >= 11 is 0. The molecule has 1 aromatic heterocycles. The van der Waals surface area contributed by atoms with Crippen LogP contribution < -0.4 is 11.1 Å². The standard InChI is InChI=1S/C13H23N5O/c1-4-10-11(14)12(18(3)16-10)13(19)15-7-9-5-6-17(2)8-9/h9H,4-8,14H2,1-3H3,(H,15,19). The molecule has 19 heavy (non-hydrogen) atoms. The molecule has 0 bridgehead atoms. The fourth-order valence-corrected chi connectivity index (χ4v) is 2.64. The number of carbonyl (C=O) groups excluding carboxylic acids is 1. The van der Waals surface area contributed by atoms with Gasteiger partial charge in [-0.05, 0) is 32.4 Å². The number of nitrogens with one attached hydrogen (secondary N) is 1. The summed E-state index contributed by atoms with van der Waals surface area (Å²) in [5, 5.41) is 7.24. The van der Waals surface area contributed by atoms with Gasteiger partial charge in [0.1, 0.15) is 5.69 Å². The maximum Gasteiger partial charge on any atom is 0.271 e. The molecule has 0 radical (unpaired) electrons. The van der Waals surface area contributed by atoms with Crippen molar-refractivity contribution in [1.82, 2.24) is 20.0 Å². The highest BCUT2D eigenvalue weighted by Gasteiger charge is 2.22. The summed E-state index contributed by atoms with van der Waals surface area (Å²) in [4.78, 5) is 14.5. The van der Waals surface area contributed by atoms with Gasteiger partial charge in [-0.15, -0.1) is 0 Å². The number of nitrogens with two attached hydrogens (primary N) is 1. The van der Waals surface area contributed by atoms with Crippen molar-refractivity contribution in [1.29, 1.82) is 0 Å². The van der Waals surface area contributed by atoms with Gasteiger partial charge in [-0.2, -0.15) is 5.10 Å². The first-order valence-corrected chi connectivity index (χ1v) is 6.81. The maximum absolute atomic E-state index is 12.2. The van der Waals surface area contributed by atoms with Crippen molar-refractivity contribution in [3.63, 3.8) is 0 Å². The number of nitrogen functional groups attached to an aromatic ring is 1. The quantitative estimate of drug-likeness (QED) is 0.818. The van der Waals surface area contributed by atoms with E-state index in [1.807, 2.05) is 6.92 Å². The predicted octanol–water partition coefficient (Wildman–Crippen LogP) is 0.246. The van der Waals surface area contributed by atoms with Crippen LogP contribution in [0, 0.1) is 5.92 Å². The average Bonchev–Trinajstić information content (AvgIpc) is 2.90. The Kier molecular flexibility index (Phi) is 4.09. The van der Waals surface area contributed by atoms with Crippen molar-refractivity contribution in [2.75, 3.05) is 32.4 Å². The molecule has 0 saturated carbocycles. The molecule has 6 heteroatoms. The summed E-state index contributed by atoms with van der Waals surface area (Å²) in [5.74, 6) is 0.413. The number of aryl methyl sites for hydroxylation is 2. The third kappa shape index (κ3) is 2.89. The zero-order valence-corrected chi connectivity index (χ0v) is 11.9. The van der Waals surface area contributed by atoms with Gasteiger partial charge in [0.05, 0.1) is 11.4 Å². The molecule has 1 fully saturated rings. The molecule has 6 nitrogen and oxygen atoms in total. The molecular formula is C13H23N5O. The molecule has 2 heterocycles. The molecule has 2 rings (SSSR count). The molecule has 1 aliphatic heterocycles. The van der Waals surface area contributed by atoms with Gasteiger partial charge in [0.25, 0.3) is 5.91 Å². The number of aromatic nitrogens is 2. The Labute approximate surface area is 113 Å². The van der Waals surface area contributed by atoms with Crippen molar-refractivity contribution >= 4 is 11.6 Å². The monoisotopic (exact) mass is 265 g/mol. The van der Waals surface area contributed by atoms with Crippen molar-refractivity contribution in [2.45, 2.75) is 19.8 Å². The van der Waals surface area contributed by atoms with Gasteiger partial charge in [0.2, 0.25) is 0 Å². The minimum absolute atomic E-state index is 0.123. The molecular weight excluding hydrogens is 242 g/mol. The highest BCUT2D eigenvalue weighted by atomic mass is 16.2. The molecule has 1 atom stereocenters. The van der Waals surface area contributed by atoms with Crippen molar-refractivity contribution in [3.8, 4) is 0 Å². The van der Waals surface area contributed by atoms with Gasteiger partial charge < -0.3 is 16.0 Å². The summed E-state index contributed by atoms with van der Waals surface area (Å²) < 4.78 is 1.57. The fourth-order valence-electron chi connectivity index (χ4n) is 2.64. The van der Waals surface area contributed by atoms with E-state index in [9.17, 15) is 4.79 Å². The molecule has 1 aromatic rings. The molecule has 1 amide bonds. The Hall–Kier alpha value is -1.56. The third-order valence-corrected chi connectivity index (χ3v) is 3.75. The van der Waals surface area contributed by atoms with E-state index in [0.29, 0.717) is 23.8 Å². The second kappa shape index (κ2) is 5.61. The first-order chi connectivity index (χ1) is 9.02. The molecule has 0 aromatic carbocycles. The van der Waals surface area contributed by atoms with E-state index in [1.54, 1.807) is 11.7 Å². The molecule has 1 saturated heterocycles. The molecule has 1 unspecified atom stereocenters. The van der Waals surface area contributed by atoms with E-state index in [4.69, 9.17) is 5.73 Å². The Bertz CT molecular complexity index is 468. The molecule has 0 spiro atoms. The average molecular weight is 265 g/mol. The van der Waals surface area contributed by atoms with Crippen LogP contribution in [0.5, 0.6) is 0 Å². The van der Waals surface area contributed by atoms with Gasteiger partial charge in [-0.3, -0.25) is 9.48 Å². The fraction of sp³-hybridized carbons (Fsp3) is 0.692. The number of rotatable bonds is 4. The Morgan fingerprint density at radius 1 is 1.53 bits per heavy atom. The van der Waals surface area contributed by atoms with Gasteiger partial charge in [0.15, 0.2) is 0 Å². The van der Waals surface area contributed by atoms with Gasteiger partial charge in [-0.1, -0.05) is 6.92 Å². The summed E-state index contributed by atoms with van der Waals surface area (Å²) in [7, 11) is 3.86. The summed E-state index contributed by atoms with van der Waals surface area (Å²) in [5.41, 5.74) is 7.74. The number of carbonyl (C=O) groups is 1. The number of anilines is 1. The first kappa shape index (κ1) is 13.9. The van der Waals surface area contributed by atoms with Crippen LogP contribution in [0.25, 0.3) is 0 Å². The largest absolute Gasteiger partial charge is 0.395 e. The van der Waals surface area contributed by atoms with Crippen LogP contribution in [-0.4, -0.2) is 47.3 Å². The SMILES string of the molecule is CCc1nn(C)c(C(=O)NCC2CCN(C)C2)c1N. The highest BCUT2D eigenvalue weighted by molar-refractivity contribution is 5.97. The normalized spacial score (nSPS) is 19.8. The summed E-state index contributed by atoms with van der Waals surface area (Å²) in [6.07, 6.45) is 1.87. The van der Waals surface area contributed by atoms with Gasteiger partial charge in [0, 0.05) is 20.1 Å². The number of nitrogens with zero attached hydrogens (tertiary/aromatic N) is 3. The lowest BCUT2D eigenvalue weighted by Gasteiger charge is -2.12. The van der Waals surface area contributed by atoms with Crippen LogP contribution in [0.15, 0.2) is 0 Å². The van der Waals surface area contributed by atoms with E-state index in [1.165, 1.54) is 0 Å². The third-order valence-electron chi connectivity index (χ3n) is 3.75. The lowest BCUT2D eigenvalue weighted by Crippen LogP contribution is -2.32. The molecule has 1 aliphatic rings. The Morgan fingerprint density at radius 3 is 2.79 bits per heavy atom. The second-order valence-electron chi connectivity index (χ2n) is 5.31. The van der Waals surface area contributed by atoms with Crippen LogP contribution in [0.3, 0.4) is 0 Å². The Balaban J connectivity index is 1.98. The molecule has 3 N–H and O–H groups in total. The zero-order valence-electron chi connectivity index (χ0n) is 11.9.